The van der Waals surface area contributed by atoms with E-state index in [-0.39, 0.29) is 13.2 Å². The van der Waals surface area contributed by atoms with Crippen LogP contribution in [0.25, 0.3) is 0 Å². The fraction of sp³-hybridized carbons (Fsp3) is 0.200. The Bertz CT molecular complexity index is 329. The van der Waals surface area contributed by atoms with Crippen LogP contribution in [0.15, 0.2) is 24.3 Å². The molecule has 2 aliphatic heterocycles. The number of fused-ring (bicyclic) bond motifs is 7. The largest absolute Gasteiger partial charge is 0.452 e. The number of benzene rings is 1. The van der Waals surface area contributed by atoms with Gasteiger partial charge in [-0.15, -0.1) is 0 Å². The zero-order chi connectivity index (χ0) is 9.97. The number of carbonyl (C=O) groups excluding carboxylic acids is 2. The molecule has 3 rings (SSSR count). The van der Waals surface area contributed by atoms with Gasteiger partial charge in [0.25, 0.3) is 0 Å². The van der Waals surface area contributed by atoms with Crippen molar-refractivity contribution in [2.24, 2.45) is 0 Å². The van der Waals surface area contributed by atoms with Gasteiger partial charge < -0.3 is 9.47 Å². The lowest BCUT2D eigenvalue weighted by Gasteiger charge is -2.09. The monoisotopic (exact) mass is 192 g/mol. The lowest BCUT2D eigenvalue weighted by atomic mass is 10.1. The van der Waals surface area contributed by atoms with Crippen molar-refractivity contribution in [2.45, 2.75) is 13.2 Å². The van der Waals surface area contributed by atoms with Gasteiger partial charge in [0.2, 0.25) is 0 Å². The molecule has 0 saturated heterocycles. The van der Waals surface area contributed by atoms with Crippen LogP contribution in [-0.2, 0) is 32.3 Å². The maximum absolute atomic E-state index is 10.9. The summed E-state index contributed by atoms with van der Waals surface area (Å²) >= 11 is 0. The van der Waals surface area contributed by atoms with E-state index < -0.39 is 11.9 Å². The van der Waals surface area contributed by atoms with Crippen molar-refractivity contribution in [2.75, 3.05) is 0 Å². The SMILES string of the molecule is O=C1OCc2ccc(cc2)COC1=O. The van der Waals surface area contributed by atoms with Crippen LogP contribution in [0.3, 0.4) is 0 Å². The normalized spacial score (nSPS) is 16.0. The summed E-state index contributed by atoms with van der Waals surface area (Å²) in [4.78, 5) is 21.9. The van der Waals surface area contributed by atoms with Crippen molar-refractivity contribution >= 4 is 11.9 Å². The number of ether oxygens (including phenoxy) is 2. The summed E-state index contributed by atoms with van der Waals surface area (Å²) in [5, 5.41) is 0. The molecule has 0 atom stereocenters. The molecular weight excluding hydrogens is 184 g/mol. The van der Waals surface area contributed by atoms with Crippen LogP contribution in [0.2, 0.25) is 0 Å². The first-order chi connectivity index (χ1) is 6.75. The predicted molar refractivity (Wildman–Crippen MR) is 46.0 cm³/mol. The Kier molecular flexibility index (Phi) is 2.18. The summed E-state index contributed by atoms with van der Waals surface area (Å²) in [6, 6.07) is 7.34. The second-order valence-corrected chi connectivity index (χ2v) is 2.97. The van der Waals surface area contributed by atoms with Gasteiger partial charge in [-0.25, -0.2) is 9.59 Å². The minimum atomic E-state index is -0.938. The van der Waals surface area contributed by atoms with E-state index in [1.54, 1.807) is 0 Å². The minimum Gasteiger partial charge on any atom is -0.452 e. The topological polar surface area (TPSA) is 52.6 Å². The average molecular weight is 192 g/mol. The first kappa shape index (κ1) is 8.74. The van der Waals surface area contributed by atoms with Crippen molar-refractivity contribution in [1.29, 1.82) is 0 Å². The summed E-state index contributed by atoms with van der Waals surface area (Å²) < 4.78 is 9.39. The Morgan fingerprint density at radius 3 is 1.50 bits per heavy atom. The van der Waals surface area contributed by atoms with Gasteiger partial charge in [0.05, 0.1) is 0 Å². The minimum absolute atomic E-state index is 0.105. The second-order valence-electron chi connectivity index (χ2n) is 2.97. The molecule has 0 aromatic heterocycles. The Morgan fingerprint density at radius 2 is 1.14 bits per heavy atom. The van der Waals surface area contributed by atoms with Crippen molar-refractivity contribution in [3.05, 3.63) is 35.4 Å². The van der Waals surface area contributed by atoms with E-state index in [1.165, 1.54) is 0 Å². The number of carbonyl (C=O) groups is 2. The number of rotatable bonds is 0. The van der Waals surface area contributed by atoms with Crippen LogP contribution in [0, 0.1) is 0 Å². The van der Waals surface area contributed by atoms with E-state index in [9.17, 15) is 9.59 Å². The molecule has 4 heteroatoms. The zero-order valence-corrected chi connectivity index (χ0v) is 7.36. The maximum Gasteiger partial charge on any atom is 0.417 e. The molecule has 0 radical (unpaired) electrons. The summed E-state index contributed by atoms with van der Waals surface area (Å²) in [6.45, 7) is 0.211. The summed E-state index contributed by atoms with van der Waals surface area (Å²) in [7, 11) is 0. The van der Waals surface area contributed by atoms with Crippen LogP contribution >= 0.6 is 0 Å². The van der Waals surface area contributed by atoms with Gasteiger partial charge in [-0.2, -0.15) is 0 Å². The second kappa shape index (κ2) is 3.49. The Hall–Kier alpha value is -1.84. The van der Waals surface area contributed by atoms with Crippen LogP contribution in [-0.4, -0.2) is 11.9 Å². The van der Waals surface area contributed by atoms with E-state index in [0.717, 1.165) is 11.1 Å². The highest BCUT2D eigenvalue weighted by Gasteiger charge is 2.18. The third-order valence-electron chi connectivity index (χ3n) is 1.93. The van der Waals surface area contributed by atoms with E-state index in [4.69, 9.17) is 9.47 Å². The molecule has 1 aromatic rings. The highest BCUT2D eigenvalue weighted by Crippen LogP contribution is 2.09. The molecule has 1 aromatic carbocycles. The summed E-state index contributed by atoms with van der Waals surface area (Å²) in [5.74, 6) is -1.88. The maximum atomic E-state index is 10.9. The Morgan fingerprint density at radius 1 is 0.786 bits per heavy atom. The molecule has 4 nitrogen and oxygen atoms in total. The van der Waals surface area contributed by atoms with Crippen molar-refractivity contribution < 1.29 is 19.1 Å². The van der Waals surface area contributed by atoms with Gasteiger partial charge in [-0.1, -0.05) is 24.3 Å². The van der Waals surface area contributed by atoms with Gasteiger partial charge in [-0.3, -0.25) is 0 Å². The number of hydrogen-bond acceptors (Lipinski definition) is 4. The van der Waals surface area contributed by atoms with Gasteiger partial charge in [-0.05, 0) is 11.1 Å². The first-order valence-electron chi connectivity index (χ1n) is 4.17. The molecule has 14 heavy (non-hydrogen) atoms. The zero-order valence-electron chi connectivity index (χ0n) is 7.36. The summed E-state index contributed by atoms with van der Waals surface area (Å²) in [6.07, 6.45) is 0. The highest BCUT2D eigenvalue weighted by atomic mass is 16.6. The molecule has 72 valence electrons. The molecule has 0 unspecified atom stereocenters. The van der Waals surface area contributed by atoms with Crippen molar-refractivity contribution in [3.63, 3.8) is 0 Å². The number of esters is 2. The third-order valence-corrected chi connectivity index (χ3v) is 1.93. The molecular formula is C10H8O4. The standard InChI is InChI=1S/C10H8O4/c11-9-10(12)14-6-8-2-1-7(3-4-8)5-13-9/h1-4H,5-6H2. The van der Waals surface area contributed by atoms with E-state index in [0.29, 0.717) is 0 Å². The lowest BCUT2D eigenvalue weighted by molar-refractivity contribution is -0.169. The molecule has 2 heterocycles. The highest BCUT2D eigenvalue weighted by molar-refractivity contribution is 6.29. The van der Waals surface area contributed by atoms with Gasteiger partial charge in [0.1, 0.15) is 13.2 Å². The Balaban J connectivity index is 2.27. The van der Waals surface area contributed by atoms with Gasteiger partial charge >= 0.3 is 11.9 Å². The van der Waals surface area contributed by atoms with Crippen LogP contribution < -0.4 is 0 Å². The van der Waals surface area contributed by atoms with E-state index >= 15 is 0 Å². The van der Waals surface area contributed by atoms with E-state index in [1.807, 2.05) is 24.3 Å². The predicted octanol–water partition coefficient (Wildman–Crippen LogP) is 0.787. The molecule has 2 bridgehead atoms. The van der Waals surface area contributed by atoms with E-state index in [2.05, 4.69) is 0 Å². The smallest absolute Gasteiger partial charge is 0.417 e. The fourth-order valence-corrected chi connectivity index (χ4v) is 1.15. The van der Waals surface area contributed by atoms with Crippen LogP contribution in [0.4, 0.5) is 0 Å². The van der Waals surface area contributed by atoms with Crippen molar-refractivity contribution in [1.82, 2.24) is 0 Å². The average Bonchev–Trinajstić information content (AvgIpc) is 2.23. The third kappa shape index (κ3) is 1.74. The molecule has 2 aliphatic rings. The van der Waals surface area contributed by atoms with Crippen LogP contribution in [0.5, 0.6) is 0 Å². The molecule has 0 spiro atoms. The van der Waals surface area contributed by atoms with Gasteiger partial charge in [0.15, 0.2) is 0 Å². The first-order valence-corrected chi connectivity index (χ1v) is 4.17. The fourth-order valence-electron chi connectivity index (χ4n) is 1.15. The lowest BCUT2D eigenvalue weighted by Crippen LogP contribution is -2.20. The Labute approximate surface area is 80.4 Å². The van der Waals surface area contributed by atoms with Crippen LogP contribution in [0.1, 0.15) is 11.1 Å². The molecule has 0 fully saturated rings. The molecule has 0 saturated carbocycles. The number of hydrogen-bond donors (Lipinski definition) is 0. The summed E-state index contributed by atoms with van der Waals surface area (Å²) in [5.41, 5.74) is 1.72. The molecule has 0 amide bonds. The molecule has 0 aliphatic carbocycles. The molecule has 0 N–H and O–H groups in total. The quantitative estimate of drug-likeness (QED) is 0.450. The van der Waals surface area contributed by atoms with Crippen molar-refractivity contribution in [3.8, 4) is 0 Å². The van der Waals surface area contributed by atoms with Gasteiger partial charge in [0, 0.05) is 0 Å².